The molecule has 3 rings (SSSR count). The molecule has 0 aromatic heterocycles. The van der Waals surface area contributed by atoms with E-state index in [1.807, 2.05) is 24.3 Å². The van der Waals surface area contributed by atoms with E-state index in [4.69, 9.17) is 0 Å². The van der Waals surface area contributed by atoms with Crippen LogP contribution in [-0.4, -0.2) is 14.3 Å². The number of hydrazine groups is 1. The van der Waals surface area contributed by atoms with E-state index >= 15 is 0 Å². The minimum Gasteiger partial charge on any atom is -0.277 e. The van der Waals surface area contributed by atoms with E-state index in [0.717, 1.165) is 23.6 Å². The Morgan fingerprint density at radius 2 is 1.75 bits per heavy atom. The number of hydrogen-bond donors (Lipinski definition) is 2. The minimum absolute atomic E-state index is 0.0469. The number of hydrogen-bond acceptors (Lipinski definition) is 3. The maximum atomic E-state index is 12.1. The topological polar surface area (TPSA) is 75.3 Å². The smallest absolute Gasteiger partial charge is 0.257 e. The second-order valence-electron chi connectivity index (χ2n) is 4.88. The summed E-state index contributed by atoms with van der Waals surface area (Å²) in [6.07, 6.45) is 1.65. The number of rotatable bonds is 4. The Morgan fingerprint density at radius 1 is 1.05 bits per heavy atom. The first-order valence-corrected chi connectivity index (χ1v) is 7.85. The number of fused-ring (bicyclic) bond motifs is 1. The van der Waals surface area contributed by atoms with Gasteiger partial charge in [0.15, 0.2) is 0 Å². The highest BCUT2D eigenvalue weighted by molar-refractivity contribution is 7.89. The van der Waals surface area contributed by atoms with Crippen molar-refractivity contribution in [2.75, 3.05) is 0 Å². The van der Waals surface area contributed by atoms with Crippen LogP contribution in [0.4, 0.5) is 0 Å². The van der Waals surface area contributed by atoms with Crippen LogP contribution in [0.2, 0.25) is 0 Å². The van der Waals surface area contributed by atoms with Gasteiger partial charge in [0.1, 0.15) is 0 Å². The number of sulfonamides is 1. The molecule has 0 spiro atoms. The van der Waals surface area contributed by atoms with E-state index in [0.29, 0.717) is 0 Å². The summed E-state index contributed by atoms with van der Waals surface area (Å²) >= 11 is 0. The van der Waals surface area contributed by atoms with Gasteiger partial charge in [-0.05, 0) is 35.7 Å². The molecule has 1 saturated carbocycles. The highest BCUT2D eigenvalue weighted by Crippen LogP contribution is 2.28. The highest BCUT2D eigenvalue weighted by atomic mass is 32.2. The van der Waals surface area contributed by atoms with E-state index in [9.17, 15) is 13.2 Å². The van der Waals surface area contributed by atoms with Crippen LogP contribution < -0.4 is 10.3 Å². The fourth-order valence-electron chi connectivity index (χ4n) is 1.96. The Kier molecular flexibility index (Phi) is 3.19. The molecule has 1 fully saturated rings. The van der Waals surface area contributed by atoms with Crippen molar-refractivity contribution in [3.8, 4) is 0 Å². The SMILES string of the molecule is O=C(NNS(=O)(=O)c1ccc2ccccc2c1)C1CC1. The lowest BCUT2D eigenvalue weighted by molar-refractivity contribution is -0.122. The predicted octanol–water partition coefficient (Wildman–Crippen LogP) is 1.56. The summed E-state index contributed by atoms with van der Waals surface area (Å²) in [4.78, 5) is 13.7. The van der Waals surface area contributed by atoms with Crippen LogP contribution in [0.3, 0.4) is 0 Å². The van der Waals surface area contributed by atoms with Crippen LogP contribution in [0, 0.1) is 5.92 Å². The molecule has 2 N–H and O–H groups in total. The fourth-order valence-corrected chi connectivity index (χ4v) is 2.84. The number of amides is 1. The van der Waals surface area contributed by atoms with Crippen LogP contribution in [0.15, 0.2) is 47.4 Å². The highest BCUT2D eigenvalue weighted by Gasteiger charge is 2.30. The molecule has 2 aromatic carbocycles. The molecule has 6 heteroatoms. The third-order valence-corrected chi connectivity index (χ3v) is 4.53. The van der Waals surface area contributed by atoms with Crippen LogP contribution in [0.1, 0.15) is 12.8 Å². The lowest BCUT2D eigenvalue weighted by Gasteiger charge is -2.08. The standard InChI is InChI=1S/C14H14N2O3S/c17-14(11-5-6-11)15-16-20(18,19)13-8-7-10-3-1-2-4-12(10)9-13/h1-4,7-9,11,16H,5-6H2,(H,15,17). The molecule has 1 amide bonds. The molecule has 2 aromatic rings. The lowest BCUT2D eigenvalue weighted by atomic mass is 10.1. The van der Waals surface area contributed by atoms with Crippen LogP contribution >= 0.6 is 0 Å². The molecule has 5 nitrogen and oxygen atoms in total. The zero-order valence-corrected chi connectivity index (χ0v) is 11.5. The summed E-state index contributed by atoms with van der Waals surface area (Å²) in [5.74, 6) is -0.316. The van der Waals surface area contributed by atoms with Gasteiger partial charge in [-0.3, -0.25) is 10.2 Å². The van der Waals surface area contributed by atoms with E-state index in [2.05, 4.69) is 10.3 Å². The summed E-state index contributed by atoms with van der Waals surface area (Å²) < 4.78 is 24.2. The van der Waals surface area contributed by atoms with Gasteiger partial charge in [-0.1, -0.05) is 30.3 Å². The average molecular weight is 290 g/mol. The minimum atomic E-state index is -3.73. The van der Waals surface area contributed by atoms with Crippen molar-refractivity contribution in [2.45, 2.75) is 17.7 Å². The molecule has 0 aliphatic heterocycles. The first-order chi connectivity index (χ1) is 9.56. The molecule has 20 heavy (non-hydrogen) atoms. The van der Waals surface area contributed by atoms with Gasteiger partial charge in [-0.2, -0.15) is 0 Å². The van der Waals surface area contributed by atoms with Gasteiger partial charge in [0.2, 0.25) is 5.91 Å². The molecule has 1 aliphatic rings. The summed E-state index contributed by atoms with van der Waals surface area (Å²) in [5.41, 5.74) is 2.25. The molecule has 0 radical (unpaired) electrons. The fraction of sp³-hybridized carbons (Fsp3) is 0.214. The Balaban J connectivity index is 1.82. The Morgan fingerprint density at radius 3 is 2.45 bits per heavy atom. The quantitative estimate of drug-likeness (QED) is 0.839. The van der Waals surface area contributed by atoms with Crippen LogP contribution in [0.5, 0.6) is 0 Å². The molecule has 0 unspecified atom stereocenters. The number of carbonyl (C=O) groups excluding carboxylic acids is 1. The van der Waals surface area contributed by atoms with Crippen molar-refractivity contribution in [2.24, 2.45) is 5.92 Å². The number of nitrogens with one attached hydrogen (secondary N) is 2. The monoisotopic (exact) mass is 290 g/mol. The largest absolute Gasteiger partial charge is 0.277 e. The van der Waals surface area contributed by atoms with Gasteiger partial charge < -0.3 is 0 Å². The van der Waals surface area contributed by atoms with Crippen molar-refractivity contribution in [3.63, 3.8) is 0 Å². The van der Waals surface area contributed by atoms with E-state index in [1.54, 1.807) is 12.1 Å². The summed E-state index contributed by atoms with van der Waals surface area (Å²) in [6.45, 7) is 0. The molecule has 0 heterocycles. The molecular formula is C14H14N2O3S. The van der Waals surface area contributed by atoms with Crippen molar-refractivity contribution in [1.82, 2.24) is 10.3 Å². The van der Waals surface area contributed by atoms with Gasteiger partial charge in [0.05, 0.1) is 4.90 Å². The molecule has 1 aliphatic carbocycles. The first-order valence-electron chi connectivity index (χ1n) is 6.37. The average Bonchev–Trinajstić information content (AvgIpc) is 3.29. The maximum Gasteiger partial charge on any atom is 0.257 e. The number of benzene rings is 2. The third kappa shape index (κ3) is 2.66. The Labute approximate surface area is 117 Å². The first kappa shape index (κ1) is 13.1. The van der Waals surface area contributed by atoms with Crippen molar-refractivity contribution in [1.29, 1.82) is 0 Å². The Hall–Kier alpha value is -1.92. The third-order valence-electron chi connectivity index (χ3n) is 3.29. The van der Waals surface area contributed by atoms with Crippen molar-refractivity contribution < 1.29 is 13.2 Å². The zero-order chi connectivity index (χ0) is 14.2. The van der Waals surface area contributed by atoms with E-state index in [1.165, 1.54) is 6.07 Å². The van der Waals surface area contributed by atoms with Crippen LogP contribution in [0.25, 0.3) is 10.8 Å². The van der Waals surface area contributed by atoms with Crippen LogP contribution in [-0.2, 0) is 14.8 Å². The lowest BCUT2D eigenvalue weighted by Crippen LogP contribution is -2.42. The summed E-state index contributed by atoms with van der Waals surface area (Å²) in [5, 5.41) is 1.80. The maximum absolute atomic E-state index is 12.1. The Bertz CT molecular complexity index is 767. The summed E-state index contributed by atoms with van der Waals surface area (Å²) in [6, 6.07) is 12.3. The van der Waals surface area contributed by atoms with E-state index in [-0.39, 0.29) is 16.7 Å². The molecule has 104 valence electrons. The van der Waals surface area contributed by atoms with Gasteiger partial charge in [0.25, 0.3) is 10.0 Å². The van der Waals surface area contributed by atoms with E-state index < -0.39 is 10.0 Å². The predicted molar refractivity (Wildman–Crippen MR) is 75.1 cm³/mol. The second kappa shape index (κ2) is 4.88. The van der Waals surface area contributed by atoms with Gasteiger partial charge in [-0.25, -0.2) is 8.42 Å². The zero-order valence-electron chi connectivity index (χ0n) is 10.7. The molecule has 0 bridgehead atoms. The van der Waals surface area contributed by atoms with Crippen molar-refractivity contribution in [3.05, 3.63) is 42.5 Å². The molecule has 0 saturated heterocycles. The van der Waals surface area contributed by atoms with Gasteiger partial charge in [0, 0.05) is 5.92 Å². The normalized spacial score (nSPS) is 15.2. The second-order valence-corrected chi connectivity index (χ2v) is 6.56. The summed E-state index contributed by atoms with van der Waals surface area (Å²) in [7, 11) is -3.73. The number of carbonyl (C=O) groups is 1. The molecular weight excluding hydrogens is 276 g/mol. The van der Waals surface area contributed by atoms with Gasteiger partial charge >= 0.3 is 0 Å². The molecule has 0 atom stereocenters. The van der Waals surface area contributed by atoms with Crippen molar-refractivity contribution >= 4 is 26.7 Å². The van der Waals surface area contributed by atoms with Gasteiger partial charge in [-0.15, -0.1) is 4.83 Å².